The van der Waals surface area contributed by atoms with E-state index in [-0.39, 0.29) is 12.5 Å². The molecule has 132 valence electrons. The van der Waals surface area contributed by atoms with Crippen molar-refractivity contribution in [1.29, 1.82) is 0 Å². The van der Waals surface area contributed by atoms with E-state index in [0.717, 1.165) is 11.1 Å². The molecule has 6 nitrogen and oxygen atoms in total. The predicted molar refractivity (Wildman–Crippen MR) is 95.0 cm³/mol. The maximum Gasteiger partial charge on any atom is 0.343 e. The smallest absolute Gasteiger partial charge is 0.343 e. The van der Waals surface area contributed by atoms with Gasteiger partial charge in [0.25, 0.3) is 0 Å². The molecule has 0 saturated carbocycles. The zero-order chi connectivity index (χ0) is 18.1. The van der Waals surface area contributed by atoms with Crippen molar-refractivity contribution in [3.63, 3.8) is 0 Å². The topological polar surface area (TPSA) is 90.6 Å². The largest absolute Gasteiger partial charge is 0.482 e. The first kappa shape index (κ1) is 18.3. The second-order valence-corrected chi connectivity index (χ2v) is 5.49. The molecule has 2 aromatic carbocycles. The summed E-state index contributed by atoms with van der Waals surface area (Å²) in [6, 6.07) is 14.7. The van der Waals surface area contributed by atoms with Gasteiger partial charge in [-0.1, -0.05) is 30.3 Å². The van der Waals surface area contributed by atoms with Crippen LogP contribution in [0.5, 0.6) is 5.75 Å². The minimum Gasteiger partial charge on any atom is -0.482 e. The highest BCUT2D eigenvalue weighted by molar-refractivity contribution is 5.76. The summed E-state index contributed by atoms with van der Waals surface area (Å²) in [5, 5.41) is 2.86. The van der Waals surface area contributed by atoms with Gasteiger partial charge in [-0.2, -0.15) is 0 Å². The first-order valence-corrected chi connectivity index (χ1v) is 7.97. The number of nitrogen functional groups attached to an aromatic ring is 1. The van der Waals surface area contributed by atoms with Gasteiger partial charge in [0.1, 0.15) is 5.75 Å². The van der Waals surface area contributed by atoms with E-state index in [9.17, 15) is 9.59 Å². The Kier molecular flexibility index (Phi) is 6.83. The third kappa shape index (κ3) is 6.18. The van der Waals surface area contributed by atoms with E-state index in [2.05, 4.69) is 10.1 Å². The van der Waals surface area contributed by atoms with Gasteiger partial charge in [-0.15, -0.1) is 0 Å². The van der Waals surface area contributed by atoms with Crippen molar-refractivity contribution in [2.75, 3.05) is 19.5 Å². The Balaban J connectivity index is 1.79. The summed E-state index contributed by atoms with van der Waals surface area (Å²) in [6.45, 7) is 0.239. The van der Waals surface area contributed by atoms with Crippen molar-refractivity contribution in [3.05, 3.63) is 59.7 Å². The summed E-state index contributed by atoms with van der Waals surface area (Å²) in [5.41, 5.74) is 8.42. The van der Waals surface area contributed by atoms with Crippen molar-refractivity contribution in [2.45, 2.75) is 19.4 Å². The Morgan fingerprint density at radius 3 is 2.68 bits per heavy atom. The second kappa shape index (κ2) is 9.32. The Morgan fingerprint density at radius 2 is 1.92 bits per heavy atom. The molecule has 0 bridgehead atoms. The Morgan fingerprint density at radius 1 is 1.12 bits per heavy atom. The van der Waals surface area contributed by atoms with Gasteiger partial charge in [0.15, 0.2) is 6.61 Å². The molecule has 2 rings (SSSR count). The quantitative estimate of drug-likeness (QED) is 0.566. The van der Waals surface area contributed by atoms with E-state index >= 15 is 0 Å². The van der Waals surface area contributed by atoms with Crippen LogP contribution in [0.25, 0.3) is 0 Å². The number of esters is 1. The van der Waals surface area contributed by atoms with Crippen LogP contribution >= 0.6 is 0 Å². The molecule has 2 aromatic rings. The SMILES string of the molecule is COC(=O)COc1cccc(CNC(=O)CCc2ccccc2N)c1. The fourth-order valence-corrected chi connectivity index (χ4v) is 2.25. The Labute approximate surface area is 146 Å². The van der Waals surface area contributed by atoms with Gasteiger partial charge in [0.2, 0.25) is 5.91 Å². The lowest BCUT2D eigenvalue weighted by atomic mass is 10.1. The van der Waals surface area contributed by atoms with E-state index in [1.54, 1.807) is 18.2 Å². The monoisotopic (exact) mass is 342 g/mol. The van der Waals surface area contributed by atoms with Gasteiger partial charge < -0.3 is 20.5 Å². The molecule has 0 aromatic heterocycles. The lowest BCUT2D eigenvalue weighted by Crippen LogP contribution is -2.23. The van der Waals surface area contributed by atoms with Gasteiger partial charge in [0.05, 0.1) is 7.11 Å². The number of ether oxygens (including phenoxy) is 2. The molecule has 0 aliphatic carbocycles. The zero-order valence-corrected chi connectivity index (χ0v) is 14.2. The van der Waals surface area contributed by atoms with Crippen LogP contribution in [0, 0.1) is 0 Å². The minimum absolute atomic E-state index is 0.0517. The van der Waals surface area contributed by atoms with Gasteiger partial charge >= 0.3 is 5.97 Å². The lowest BCUT2D eigenvalue weighted by Gasteiger charge is -2.09. The fourth-order valence-electron chi connectivity index (χ4n) is 2.25. The van der Waals surface area contributed by atoms with Crippen LogP contribution in [0.15, 0.2) is 48.5 Å². The van der Waals surface area contributed by atoms with Crippen molar-refractivity contribution in [1.82, 2.24) is 5.32 Å². The number of nitrogens with one attached hydrogen (secondary N) is 1. The summed E-state index contributed by atoms with van der Waals surface area (Å²) in [4.78, 5) is 23.1. The number of methoxy groups -OCH3 is 1. The first-order chi connectivity index (χ1) is 12.1. The van der Waals surface area contributed by atoms with Crippen LogP contribution < -0.4 is 15.8 Å². The Bertz CT molecular complexity index is 731. The van der Waals surface area contributed by atoms with Crippen molar-refractivity contribution < 1.29 is 19.1 Å². The normalized spacial score (nSPS) is 10.1. The maximum absolute atomic E-state index is 12.0. The molecule has 0 aliphatic heterocycles. The third-order valence-corrected chi connectivity index (χ3v) is 3.65. The van der Waals surface area contributed by atoms with Crippen LogP contribution in [-0.2, 0) is 27.3 Å². The number of anilines is 1. The van der Waals surface area contributed by atoms with Crippen molar-refractivity contribution in [2.24, 2.45) is 0 Å². The summed E-state index contributed by atoms with van der Waals surface area (Å²) in [6.07, 6.45) is 0.966. The number of carbonyl (C=O) groups is 2. The number of benzene rings is 2. The lowest BCUT2D eigenvalue weighted by molar-refractivity contribution is -0.142. The van der Waals surface area contributed by atoms with E-state index in [1.165, 1.54) is 7.11 Å². The predicted octanol–water partition coefficient (Wildman–Crippen LogP) is 2.07. The summed E-state index contributed by atoms with van der Waals surface area (Å²) < 4.78 is 9.85. The summed E-state index contributed by atoms with van der Waals surface area (Å²) in [7, 11) is 1.31. The molecule has 3 N–H and O–H groups in total. The minimum atomic E-state index is -0.445. The number of hydrogen-bond donors (Lipinski definition) is 2. The number of para-hydroxylation sites is 1. The van der Waals surface area contributed by atoms with E-state index < -0.39 is 5.97 Å². The van der Waals surface area contributed by atoms with Gasteiger partial charge in [-0.05, 0) is 35.7 Å². The average molecular weight is 342 g/mol. The average Bonchev–Trinajstić information content (AvgIpc) is 2.64. The van der Waals surface area contributed by atoms with Gasteiger partial charge in [-0.3, -0.25) is 4.79 Å². The van der Waals surface area contributed by atoms with Gasteiger partial charge in [0, 0.05) is 18.7 Å². The number of nitrogens with two attached hydrogens (primary N) is 1. The van der Waals surface area contributed by atoms with E-state index in [0.29, 0.717) is 30.8 Å². The standard InChI is InChI=1S/C19H22N2O4/c1-24-19(23)13-25-16-7-4-5-14(11-16)12-21-18(22)10-9-15-6-2-3-8-17(15)20/h2-8,11H,9-10,12-13,20H2,1H3,(H,21,22). The molecule has 0 spiro atoms. The highest BCUT2D eigenvalue weighted by atomic mass is 16.6. The van der Waals surface area contributed by atoms with E-state index in [4.69, 9.17) is 10.5 Å². The number of rotatable bonds is 8. The molecule has 0 saturated heterocycles. The molecule has 1 amide bonds. The van der Waals surface area contributed by atoms with Crippen molar-refractivity contribution >= 4 is 17.6 Å². The summed E-state index contributed by atoms with van der Waals surface area (Å²) in [5.74, 6) is 0.0530. The number of hydrogen-bond acceptors (Lipinski definition) is 5. The molecule has 25 heavy (non-hydrogen) atoms. The van der Waals surface area contributed by atoms with Gasteiger partial charge in [-0.25, -0.2) is 4.79 Å². The fraction of sp³-hybridized carbons (Fsp3) is 0.263. The number of amides is 1. The van der Waals surface area contributed by atoms with Crippen LogP contribution in [0.4, 0.5) is 5.69 Å². The zero-order valence-electron chi connectivity index (χ0n) is 14.2. The highest BCUT2D eigenvalue weighted by Gasteiger charge is 2.06. The molecule has 6 heteroatoms. The van der Waals surface area contributed by atoms with Crippen molar-refractivity contribution in [3.8, 4) is 5.75 Å². The van der Waals surface area contributed by atoms with E-state index in [1.807, 2.05) is 30.3 Å². The second-order valence-electron chi connectivity index (χ2n) is 5.49. The third-order valence-electron chi connectivity index (χ3n) is 3.65. The van der Waals surface area contributed by atoms with Crippen LogP contribution in [0.1, 0.15) is 17.5 Å². The molecule has 0 atom stereocenters. The first-order valence-electron chi connectivity index (χ1n) is 7.97. The molecule has 0 unspecified atom stereocenters. The maximum atomic E-state index is 12.0. The van der Waals surface area contributed by atoms with Crippen LogP contribution in [0.3, 0.4) is 0 Å². The molecule has 0 fully saturated rings. The summed E-state index contributed by atoms with van der Waals surface area (Å²) >= 11 is 0. The highest BCUT2D eigenvalue weighted by Crippen LogP contribution is 2.14. The number of carbonyl (C=O) groups excluding carboxylic acids is 2. The van der Waals surface area contributed by atoms with Crippen LogP contribution in [0.2, 0.25) is 0 Å². The molecule has 0 aliphatic rings. The number of aryl methyl sites for hydroxylation is 1. The molecular weight excluding hydrogens is 320 g/mol. The molecule has 0 radical (unpaired) electrons. The Hall–Kier alpha value is -3.02. The molecular formula is C19H22N2O4. The van der Waals surface area contributed by atoms with Crippen LogP contribution in [-0.4, -0.2) is 25.6 Å². The molecule has 0 heterocycles.